The van der Waals surface area contributed by atoms with E-state index >= 15 is 0 Å². The lowest BCUT2D eigenvalue weighted by molar-refractivity contribution is -0.386. The second kappa shape index (κ2) is 9.59. The van der Waals surface area contributed by atoms with Crippen LogP contribution in [-0.4, -0.2) is 43.2 Å². The molecule has 0 aromatic heterocycles. The summed E-state index contributed by atoms with van der Waals surface area (Å²) in [5.41, 5.74) is -1.08. The van der Waals surface area contributed by atoms with Crippen LogP contribution in [0.2, 0.25) is 0 Å². The van der Waals surface area contributed by atoms with E-state index in [9.17, 15) is 32.1 Å². The summed E-state index contributed by atoms with van der Waals surface area (Å²) in [7, 11) is -3.94. The average Bonchev–Trinajstić information content (AvgIpc) is 2.69. The van der Waals surface area contributed by atoms with E-state index in [-0.39, 0.29) is 23.7 Å². The summed E-state index contributed by atoms with van der Waals surface area (Å²) >= 11 is 0. The SMILES string of the molecule is CCN(CC)S(=O)(=O)c1ccc(OCC(=O)Nc2cc(F)ccc2F)c([N+](=O)[O-])c1. The summed E-state index contributed by atoms with van der Waals surface area (Å²) < 4.78 is 58.0. The first-order valence-electron chi connectivity index (χ1n) is 8.76. The Morgan fingerprint density at radius 2 is 1.83 bits per heavy atom. The summed E-state index contributed by atoms with van der Waals surface area (Å²) in [4.78, 5) is 22.1. The number of sulfonamides is 1. The Morgan fingerprint density at radius 1 is 1.17 bits per heavy atom. The van der Waals surface area contributed by atoms with Crippen LogP contribution in [0.5, 0.6) is 5.75 Å². The highest BCUT2D eigenvalue weighted by molar-refractivity contribution is 7.89. The zero-order chi connectivity index (χ0) is 22.5. The van der Waals surface area contributed by atoms with Crippen molar-refractivity contribution >= 4 is 27.3 Å². The Morgan fingerprint density at radius 3 is 2.43 bits per heavy atom. The Labute approximate surface area is 171 Å². The van der Waals surface area contributed by atoms with E-state index in [1.165, 1.54) is 0 Å². The van der Waals surface area contributed by atoms with Gasteiger partial charge < -0.3 is 10.1 Å². The van der Waals surface area contributed by atoms with Gasteiger partial charge in [-0.25, -0.2) is 17.2 Å². The van der Waals surface area contributed by atoms with Gasteiger partial charge in [0.1, 0.15) is 11.6 Å². The molecule has 12 heteroatoms. The molecule has 162 valence electrons. The summed E-state index contributed by atoms with van der Waals surface area (Å²) in [6, 6.07) is 5.49. The van der Waals surface area contributed by atoms with Crippen LogP contribution >= 0.6 is 0 Å². The maximum Gasteiger partial charge on any atom is 0.312 e. The number of amides is 1. The zero-order valence-corrected chi connectivity index (χ0v) is 16.9. The van der Waals surface area contributed by atoms with Crippen molar-refractivity contribution in [1.82, 2.24) is 4.31 Å². The van der Waals surface area contributed by atoms with Gasteiger partial charge in [0.05, 0.1) is 15.5 Å². The quantitative estimate of drug-likeness (QED) is 0.470. The van der Waals surface area contributed by atoms with Gasteiger partial charge in [0.15, 0.2) is 12.4 Å². The average molecular weight is 443 g/mol. The summed E-state index contributed by atoms with van der Waals surface area (Å²) in [5, 5.41) is 13.4. The van der Waals surface area contributed by atoms with Crippen LogP contribution in [0.25, 0.3) is 0 Å². The van der Waals surface area contributed by atoms with Gasteiger partial charge in [-0.05, 0) is 24.3 Å². The summed E-state index contributed by atoms with van der Waals surface area (Å²) in [6.07, 6.45) is 0. The number of benzene rings is 2. The van der Waals surface area contributed by atoms with Gasteiger partial charge in [-0.15, -0.1) is 0 Å². The number of nitrogens with zero attached hydrogens (tertiary/aromatic N) is 2. The van der Waals surface area contributed by atoms with E-state index in [0.717, 1.165) is 40.7 Å². The highest BCUT2D eigenvalue weighted by Crippen LogP contribution is 2.31. The molecule has 0 fully saturated rings. The minimum atomic E-state index is -3.94. The molecule has 2 rings (SSSR count). The Hall–Kier alpha value is -3.12. The van der Waals surface area contributed by atoms with Crippen LogP contribution in [0, 0.1) is 21.7 Å². The Bertz CT molecular complexity index is 1060. The van der Waals surface area contributed by atoms with Gasteiger partial charge in [0.2, 0.25) is 10.0 Å². The second-order valence-electron chi connectivity index (χ2n) is 5.94. The third-order valence-corrected chi connectivity index (χ3v) is 6.08. The molecule has 0 aliphatic heterocycles. The molecule has 0 saturated carbocycles. The molecule has 30 heavy (non-hydrogen) atoms. The fourth-order valence-corrected chi connectivity index (χ4v) is 4.04. The second-order valence-corrected chi connectivity index (χ2v) is 7.87. The van der Waals surface area contributed by atoms with Crippen LogP contribution in [0.4, 0.5) is 20.2 Å². The lowest BCUT2D eigenvalue weighted by Gasteiger charge is -2.18. The van der Waals surface area contributed by atoms with Crippen molar-refractivity contribution in [2.75, 3.05) is 25.0 Å². The molecule has 1 amide bonds. The van der Waals surface area contributed by atoms with Crippen molar-refractivity contribution in [3.05, 3.63) is 58.1 Å². The zero-order valence-electron chi connectivity index (χ0n) is 16.1. The number of hydrogen-bond donors (Lipinski definition) is 1. The van der Waals surface area contributed by atoms with E-state index in [0.29, 0.717) is 0 Å². The number of halogens is 2. The molecule has 1 N–H and O–H groups in total. The number of anilines is 1. The molecule has 0 spiro atoms. The molecule has 0 aliphatic carbocycles. The predicted octanol–water partition coefficient (Wildman–Crippen LogP) is 2.92. The minimum Gasteiger partial charge on any atom is -0.477 e. The first-order valence-corrected chi connectivity index (χ1v) is 10.2. The molecule has 0 atom stereocenters. The highest BCUT2D eigenvalue weighted by atomic mass is 32.2. The van der Waals surface area contributed by atoms with Gasteiger partial charge in [0.25, 0.3) is 5.91 Å². The summed E-state index contributed by atoms with van der Waals surface area (Å²) in [5.74, 6) is -2.89. The van der Waals surface area contributed by atoms with E-state index in [1.807, 2.05) is 0 Å². The van der Waals surface area contributed by atoms with E-state index < -0.39 is 50.5 Å². The van der Waals surface area contributed by atoms with Gasteiger partial charge in [0, 0.05) is 25.2 Å². The predicted molar refractivity (Wildman–Crippen MR) is 104 cm³/mol. The number of carbonyl (C=O) groups is 1. The molecule has 9 nitrogen and oxygen atoms in total. The number of nitro groups is 1. The summed E-state index contributed by atoms with van der Waals surface area (Å²) in [6.45, 7) is 2.88. The van der Waals surface area contributed by atoms with Crippen molar-refractivity contribution in [2.45, 2.75) is 18.7 Å². The number of nitrogens with one attached hydrogen (secondary N) is 1. The first kappa shape index (κ1) is 23.2. The van der Waals surface area contributed by atoms with Crippen molar-refractivity contribution in [3.8, 4) is 5.75 Å². The van der Waals surface area contributed by atoms with Crippen LogP contribution in [0.15, 0.2) is 41.3 Å². The molecule has 2 aromatic rings. The van der Waals surface area contributed by atoms with Gasteiger partial charge >= 0.3 is 5.69 Å². The molecule has 0 unspecified atom stereocenters. The minimum absolute atomic E-state index is 0.182. The van der Waals surface area contributed by atoms with E-state index in [2.05, 4.69) is 5.32 Å². The molecular weight excluding hydrogens is 424 g/mol. The van der Waals surface area contributed by atoms with Gasteiger partial charge in [-0.2, -0.15) is 4.31 Å². The Kier molecular flexibility index (Phi) is 7.40. The van der Waals surface area contributed by atoms with Crippen molar-refractivity contribution in [3.63, 3.8) is 0 Å². The number of rotatable bonds is 9. The van der Waals surface area contributed by atoms with Crippen molar-refractivity contribution in [2.24, 2.45) is 0 Å². The molecule has 0 heterocycles. The van der Waals surface area contributed by atoms with Gasteiger partial charge in [-0.1, -0.05) is 13.8 Å². The lowest BCUT2D eigenvalue weighted by Crippen LogP contribution is -2.30. The fraction of sp³-hybridized carbons (Fsp3) is 0.278. The maximum absolute atomic E-state index is 13.6. The van der Waals surface area contributed by atoms with Crippen molar-refractivity contribution < 1.29 is 31.7 Å². The smallest absolute Gasteiger partial charge is 0.312 e. The standard InChI is InChI=1S/C18H19F2N3O6S/c1-3-22(4-2)30(27,28)13-6-8-17(16(10-13)23(25)26)29-11-18(24)21-15-9-12(19)5-7-14(15)20/h5-10H,3-4,11H2,1-2H3,(H,21,24). The normalized spacial score (nSPS) is 11.4. The van der Waals surface area contributed by atoms with Crippen LogP contribution in [0.3, 0.4) is 0 Å². The lowest BCUT2D eigenvalue weighted by atomic mass is 10.3. The third-order valence-electron chi connectivity index (χ3n) is 4.03. The molecular formula is C18H19F2N3O6S. The molecule has 0 aliphatic rings. The first-order chi connectivity index (χ1) is 14.1. The molecule has 0 radical (unpaired) electrons. The van der Waals surface area contributed by atoms with E-state index in [4.69, 9.17) is 4.74 Å². The van der Waals surface area contributed by atoms with Crippen LogP contribution in [0.1, 0.15) is 13.8 Å². The topological polar surface area (TPSA) is 119 Å². The number of carbonyl (C=O) groups excluding carboxylic acids is 1. The third kappa shape index (κ3) is 5.27. The number of ether oxygens (including phenoxy) is 1. The number of hydrogen-bond acceptors (Lipinski definition) is 6. The van der Waals surface area contributed by atoms with Crippen molar-refractivity contribution in [1.29, 1.82) is 0 Å². The van der Waals surface area contributed by atoms with E-state index in [1.54, 1.807) is 13.8 Å². The molecule has 0 saturated heterocycles. The number of nitro benzene ring substituents is 1. The van der Waals surface area contributed by atoms with Crippen LogP contribution < -0.4 is 10.1 Å². The van der Waals surface area contributed by atoms with Gasteiger partial charge in [-0.3, -0.25) is 14.9 Å². The fourth-order valence-electron chi connectivity index (χ4n) is 2.56. The molecule has 2 aromatic carbocycles. The monoisotopic (exact) mass is 443 g/mol. The Balaban J connectivity index is 2.21. The molecule has 0 bridgehead atoms. The largest absolute Gasteiger partial charge is 0.477 e. The maximum atomic E-state index is 13.6. The highest BCUT2D eigenvalue weighted by Gasteiger charge is 2.26. The van der Waals surface area contributed by atoms with Crippen LogP contribution in [-0.2, 0) is 14.8 Å².